The number of rotatable bonds is 5. The molecule has 156 valence electrons. The summed E-state index contributed by atoms with van der Waals surface area (Å²) in [6, 6.07) is 16.1. The zero-order valence-corrected chi connectivity index (χ0v) is 17.0. The Labute approximate surface area is 177 Å². The Morgan fingerprint density at radius 3 is 2.55 bits per heavy atom. The van der Waals surface area contributed by atoms with Crippen LogP contribution in [-0.2, 0) is 16.1 Å². The summed E-state index contributed by atoms with van der Waals surface area (Å²) in [5, 5.41) is 7.12. The molecular weight excluding hydrogens is 396 g/mol. The van der Waals surface area contributed by atoms with Crippen molar-refractivity contribution in [2.75, 3.05) is 12.4 Å². The lowest BCUT2D eigenvalue weighted by Gasteiger charge is -2.10. The number of para-hydroxylation sites is 1. The van der Waals surface area contributed by atoms with Crippen molar-refractivity contribution in [2.45, 2.75) is 13.5 Å². The summed E-state index contributed by atoms with van der Waals surface area (Å²) in [4.78, 5) is 37.3. The molecule has 1 amide bonds. The van der Waals surface area contributed by atoms with Gasteiger partial charge in [0.2, 0.25) is 5.91 Å². The summed E-state index contributed by atoms with van der Waals surface area (Å²) in [6.45, 7) is 1.79. The maximum absolute atomic E-state index is 12.9. The first-order valence-corrected chi connectivity index (χ1v) is 9.59. The third-order valence-corrected chi connectivity index (χ3v) is 4.87. The molecule has 8 heteroatoms. The predicted molar refractivity (Wildman–Crippen MR) is 116 cm³/mol. The smallest absolute Gasteiger partial charge is 0.339 e. The van der Waals surface area contributed by atoms with Crippen molar-refractivity contribution in [3.05, 3.63) is 88.5 Å². The molecule has 0 bridgehead atoms. The van der Waals surface area contributed by atoms with Gasteiger partial charge in [0.15, 0.2) is 0 Å². The van der Waals surface area contributed by atoms with Gasteiger partial charge < -0.3 is 14.6 Å². The van der Waals surface area contributed by atoms with E-state index in [9.17, 15) is 14.4 Å². The lowest BCUT2D eigenvalue weighted by Crippen LogP contribution is -2.28. The minimum atomic E-state index is -0.558. The first-order chi connectivity index (χ1) is 15.0. The van der Waals surface area contributed by atoms with E-state index < -0.39 is 11.9 Å². The third kappa shape index (κ3) is 4.09. The molecule has 0 atom stereocenters. The van der Waals surface area contributed by atoms with Crippen molar-refractivity contribution in [3.8, 4) is 11.3 Å². The van der Waals surface area contributed by atoms with E-state index in [2.05, 4.69) is 10.4 Å². The molecule has 4 rings (SSSR count). The second-order valence-electron chi connectivity index (χ2n) is 7.04. The van der Waals surface area contributed by atoms with Gasteiger partial charge in [-0.2, -0.15) is 5.10 Å². The van der Waals surface area contributed by atoms with Crippen LogP contribution in [0.3, 0.4) is 0 Å². The number of carbonyl (C=O) groups is 2. The maximum atomic E-state index is 12.9. The van der Waals surface area contributed by atoms with Gasteiger partial charge in [-0.25, -0.2) is 9.31 Å². The van der Waals surface area contributed by atoms with Gasteiger partial charge in [0.25, 0.3) is 5.56 Å². The number of fused-ring (bicyclic) bond motifs is 1. The minimum absolute atomic E-state index is 0.212. The summed E-state index contributed by atoms with van der Waals surface area (Å²) >= 11 is 0. The number of nitrogens with zero attached hydrogens (tertiary/aromatic N) is 3. The maximum Gasteiger partial charge on any atom is 0.339 e. The predicted octanol–water partition coefficient (Wildman–Crippen LogP) is 2.90. The van der Waals surface area contributed by atoms with Gasteiger partial charge in [0, 0.05) is 18.0 Å². The van der Waals surface area contributed by atoms with Gasteiger partial charge in [-0.05, 0) is 25.1 Å². The highest BCUT2D eigenvalue weighted by atomic mass is 16.5. The highest BCUT2D eigenvalue weighted by Gasteiger charge is 2.15. The number of hydrogen-bond donors (Lipinski definition) is 1. The second-order valence-corrected chi connectivity index (χ2v) is 7.04. The molecule has 4 aromatic rings. The van der Waals surface area contributed by atoms with Crippen LogP contribution in [0.4, 0.5) is 5.69 Å². The number of aryl methyl sites for hydroxylation is 1. The SMILES string of the molecule is COC(=O)c1ccccc1NC(=O)Cn1ccn2nc(-c3ccc(C)cc3)cc2c1=O. The number of benzene rings is 2. The molecule has 0 saturated carbocycles. The molecule has 2 heterocycles. The van der Waals surface area contributed by atoms with Crippen LogP contribution in [0.2, 0.25) is 0 Å². The molecule has 8 nitrogen and oxygen atoms in total. The summed E-state index contributed by atoms with van der Waals surface area (Å²) in [5.41, 5.74) is 3.28. The van der Waals surface area contributed by atoms with E-state index in [0.717, 1.165) is 11.1 Å². The number of ether oxygens (including phenoxy) is 1. The number of nitrogens with one attached hydrogen (secondary N) is 1. The van der Waals surface area contributed by atoms with Crippen LogP contribution >= 0.6 is 0 Å². The van der Waals surface area contributed by atoms with E-state index in [-0.39, 0.29) is 17.7 Å². The van der Waals surface area contributed by atoms with Crippen LogP contribution in [-0.4, -0.2) is 33.2 Å². The van der Waals surface area contributed by atoms with Crippen LogP contribution in [0.25, 0.3) is 16.8 Å². The Bertz CT molecular complexity index is 1340. The molecule has 0 aliphatic rings. The van der Waals surface area contributed by atoms with Gasteiger partial charge in [0.1, 0.15) is 12.1 Å². The number of anilines is 1. The number of hydrogen-bond acceptors (Lipinski definition) is 5. The van der Waals surface area contributed by atoms with E-state index in [0.29, 0.717) is 16.9 Å². The van der Waals surface area contributed by atoms with Crippen molar-refractivity contribution >= 4 is 23.1 Å². The molecule has 0 aliphatic heterocycles. The van der Waals surface area contributed by atoms with E-state index >= 15 is 0 Å². The summed E-state index contributed by atoms with van der Waals surface area (Å²) in [7, 11) is 1.27. The van der Waals surface area contributed by atoms with Gasteiger partial charge in [-0.1, -0.05) is 42.0 Å². The third-order valence-electron chi connectivity index (χ3n) is 4.87. The Balaban J connectivity index is 1.59. The van der Waals surface area contributed by atoms with E-state index in [1.165, 1.54) is 22.4 Å². The minimum Gasteiger partial charge on any atom is -0.465 e. The molecule has 2 aromatic heterocycles. The molecular formula is C23H20N4O4. The quantitative estimate of drug-likeness (QED) is 0.505. The van der Waals surface area contributed by atoms with Crippen LogP contribution in [0.1, 0.15) is 15.9 Å². The van der Waals surface area contributed by atoms with Crippen molar-refractivity contribution in [3.63, 3.8) is 0 Å². The van der Waals surface area contributed by atoms with Crippen molar-refractivity contribution < 1.29 is 14.3 Å². The van der Waals surface area contributed by atoms with Gasteiger partial charge >= 0.3 is 5.97 Å². The Morgan fingerprint density at radius 2 is 1.81 bits per heavy atom. The first-order valence-electron chi connectivity index (χ1n) is 9.59. The fourth-order valence-corrected chi connectivity index (χ4v) is 3.24. The standard InChI is InChI=1S/C23H20N4O4/c1-15-7-9-16(10-8-15)19-13-20-22(29)26(11-12-27(20)25-19)14-21(28)24-18-6-4-3-5-17(18)23(30)31-2/h3-13H,14H2,1-2H3,(H,24,28). The van der Waals surface area contributed by atoms with Crippen molar-refractivity contribution in [2.24, 2.45) is 0 Å². The lowest BCUT2D eigenvalue weighted by molar-refractivity contribution is -0.116. The van der Waals surface area contributed by atoms with E-state index in [1.54, 1.807) is 36.5 Å². The van der Waals surface area contributed by atoms with E-state index in [4.69, 9.17) is 4.74 Å². The van der Waals surface area contributed by atoms with Crippen LogP contribution in [0.15, 0.2) is 71.8 Å². The Kier molecular flexibility index (Phi) is 5.36. The first kappa shape index (κ1) is 20.1. The van der Waals surface area contributed by atoms with Crippen molar-refractivity contribution in [1.29, 1.82) is 0 Å². The zero-order chi connectivity index (χ0) is 22.0. The molecule has 1 N–H and O–H groups in total. The number of aromatic nitrogens is 3. The van der Waals surface area contributed by atoms with Crippen LogP contribution < -0.4 is 10.9 Å². The molecule has 0 radical (unpaired) electrons. The average molecular weight is 416 g/mol. The summed E-state index contributed by atoms with van der Waals surface area (Å²) in [5.74, 6) is -1.00. The summed E-state index contributed by atoms with van der Waals surface area (Å²) in [6.07, 6.45) is 3.14. The van der Waals surface area contributed by atoms with Crippen LogP contribution in [0, 0.1) is 6.92 Å². The Hall–Kier alpha value is -4.20. The highest BCUT2D eigenvalue weighted by Crippen LogP contribution is 2.19. The molecule has 0 aliphatic carbocycles. The topological polar surface area (TPSA) is 94.7 Å². The molecule has 0 spiro atoms. The van der Waals surface area contributed by atoms with Gasteiger partial charge in [-0.3, -0.25) is 9.59 Å². The number of methoxy groups -OCH3 is 1. The Morgan fingerprint density at radius 1 is 1.06 bits per heavy atom. The summed E-state index contributed by atoms with van der Waals surface area (Å²) < 4.78 is 7.53. The fourth-order valence-electron chi connectivity index (χ4n) is 3.24. The number of carbonyl (C=O) groups excluding carboxylic acids is 2. The fraction of sp³-hybridized carbons (Fsp3) is 0.130. The molecule has 2 aromatic carbocycles. The molecule has 0 fully saturated rings. The number of amides is 1. The molecule has 0 saturated heterocycles. The van der Waals surface area contributed by atoms with E-state index in [1.807, 2.05) is 31.2 Å². The van der Waals surface area contributed by atoms with Crippen molar-refractivity contribution in [1.82, 2.24) is 14.2 Å². The molecule has 31 heavy (non-hydrogen) atoms. The van der Waals surface area contributed by atoms with Gasteiger partial charge in [0.05, 0.1) is 24.1 Å². The normalized spacial score (nSPS) is 10.8. The number of esters is 1. The second kappa shape index (κ2) is 8.27. The largest absolute Gasteiger partial charge is 0.465 e. The monoisotopic (exact) mass is 416 g/mol. The zero-order valence-electron chi connectivity index (χ0n) is 17.0. The highest BCUT2D eigenvalue weighted by molar-refractivity contribution is 6.01. The van der Waals surface area contributed by atoms with Crippen LogP contribution in [0.5, 0.6) is 0 Å². The average Bonchev–Trinajstić information content (AvgIpc) is 3.21. The van der Waals surface area contributed by atoms with Gasteiger partial charge in [-0.15, -0.1) is 0 Å². The molecule has 0 unspecified atom stereocenters. The lowest BCUT2D eigenvalue weighted by atomic mass is 10.1.